The first kappa shape index (κ1) is 16.9. The SMILES string of the molecule is [N-]=[N+]=NC[C@](CO)(OCn1ccc(=O)[nH]c1=O)[C@@H](O)CF. The molecule has 1 heterocycles. The van der Waals surface area contributed by atoms with E-state index < -0.39 is 49.5 Å². The molecule has 0 bridgehead atoms. The number of hydrogen-bond acceptors (Lipinski definition) is 6. The third-order valence-electron chi connectivity index (χ3n) is 2.81. The largest absolute Gasteiger partial charge is 0.393 e. The Morgan fingerprint density at radius 3 is 2.86 bits per heavy atom. The highest BCUT2D eigenvalue weighted by Crippen LogP contribution is 2.18. The van der Waals surface area contributed by atoms with Crippen LogP contribution in [0.15, 0.2) is 27.0 Å². The van der Waals surface area contributed by atoms with Crippen molar-refractivity contribution >= 4 is 0 Å². The van der Waals surface area contributed by atoms with E-state index in [4.69, 9.17) is 10.3 Å². The Morgan fingerprint density at radius 2 is 2.33 bits per heavy atom. The van der Waals surface area contributed by atoms with Gasteiger partial charge in [-0.15, -0.1) is 0 Å². The van der Waals surface area contributed by atoms with Gasteiger partial charge in [0.25, 0.3) is 5.56 Å². The summed E-state index contributed by atoms with van der Waals surface area (Å²) in [6.07, 6.45) is -0.634. The summed E-state index contributed by atoms with van der Waals surface area (Å²) < 4.78 is 18.8. The van der Waals surface area contributed by atoms with Gasteiger partial charge in [0.1, 0.15) is 25.1 Å². The summed E-state index contributed by atoms with van der Waals surface area (Å²) in [5.74, 6) is 0. The third-order valence-corrected chi connectivity index (χ3v) is 2.81. The van der Waals surface area contributed by atoms with Gasteiger partial charge in [0.05, 0.1) is 13.2 Å². The molecule has 0 radical (unpaired) electrons. The summed E-state index contributed by atoms with van der Waals surface area (Å²) in [6, 6.07) is 1.06. The highest BCUT2D eigenvalue weighted by molar-refractivity contribution is 4.91. The van der Waals surface area contributed by atoms with Gasteiger partial charge in [-0.25, -0.2) is 9.18 Å². The fraction of sp³-hybridized carbons (Fsp3) is 0.600. The number of ether oxygens (including phenoxy) is 1. The smallest absolute Gasteiger partial charge is 0.330 e. The zero-order chi connectivity index (χ0) is 15.9. The maximum absolute atomic E-state index is 12.7. The van der Waals surface area contributed by atoms with Crippen molar-refractivity contribution < 1.29 is 19.3 Å². The molecule has 0 unspecified atom stereocenters. The van der Waals surface area contributed by atoms with Crippen molar-refractivity contribution in [3.05, 3.63) is 43.5 Å². The van der Waals surface area contributed by atoms with Crippen LogP contribution in [0.5, 0.6) is 0 Å². The predicted molar refractivity (Wildman–Crippen MR) is 68.2 cm³/mol. The molecule has 21 heavy (non-hydrogen) atoms. The summed E-state index contributed by atoms with van der Waals surface area (Å²) in [5, 5.41) is 22.1. The summed E-state index contributed by atoms with van der Waals surface area (Å²) in [4.78, 5) is 26.8. The molecule has 2 atom stereocenters. The molecule has 0 amide bonds. The number of aromatic amines is 1. The number of nitrogens with one attached hydrogen (secondary N) is 1. The Hall–Kier alpha value is -2.20. The van der Waals surface area contributed by atoms with Gasteiger partial charge in [-0.1, -0.05) is 5.11 Å². The molecule has 10 nitrogen and oxygen atoms in total. The van der Waals surface area contributed by atoms with Gasteiger partial charge < -0.3 is 14.9 Å². The molecule has 0 aliphatic rings. The number of nitrogens with zero attached hydrogens (tertiary/aromatic N) is 4. The Kier molecular flexibility index (Phi) is 6.06. The van der Waals surface area contributed by atoms with Crippen molar-refractivity contribution in [1.82, 2.24) is 9.55 Å². The van der Waals surface area contributed by atoms with Crippen LogP contribution in [-0.2, 0) is 11.5 Å². The summed E-state index contributed by atoms with van der Waals surface area (Å²) in [6.45, 7) is -3.12. The van der Waals surface area contributed by atoms with Crippen LogP contribution in [0.1, 0.15) is 0 Å². The molecular formula is C10H14FN5O5. The lowest BCUT2D eigenvalue weighted by Gasteiger charge is -2.33. The van der Waals surface area contributed by atoms with Gasteiger partial charge in [0.2, 0.25) is 0 Å². The van der Waals surface area contributed by atoms with E-state index in [0.29, 0.717) is 0 Å². The van der Waals surface area contributed by atoms with Crippen LogP contribution in [-0.4, -0.2) is 51.3 Å². The zero-order valence-corrected chi connectivity index (χ0v) is 10.8. The van der Waals surface area contributed by atoms with Crippen LogP contribution >= 0.6 is 0 Å². The molecule has 3 N–H and O–H groups in total. The molecule has 0 fully saturated rings. The lowest BCUT2D eigenvalue weighted by atomic mass is 9.98. The number of alkyl halides is 1. The van der Waals surface area contributed by atoms with Crippen molar-refractivity contribution in [2.45, 2.75) is 18.4 Å². The standard InChI is InChI=1S/C10H14FN5O5/c11-3-7(18)10(5-17,4-13-15-12)21-6-16-2-1-8(19)14-9(16)20/h1-2,7,17-18H,3-6H2,(H,14,19,20)/t7-,10+/m0/s1. The molecule has 116 valence electrons. The van der Waals surface area contributed by atoms with Crippen molar-refractivity contribution in [2.75, 3.05) is 19.8 Å². The number of rotatable bonds is 8. The molecule has 1 aromatic heterocycles. The molecule has 1 rings (SSSR count). The average molecular weight is 303 g/mol. The second-order valence-electron chi connectivity index (χ2n) is 4.14. The van der Waals surface area contributed by atoms with Gasteiger partial charge >= 0.3 is 5.69 Å². The Morgan fingerprint density at radius 1 is 1.62 bits per heavy atom. The van der Waals surface area contributed by atoms with E-state index in [-0.39, 0.29) is 0 Å². The van der Waals surface area contributed by atoms with Crippen molar-refractivity contribution in [2.24, 2.45) is 5.11 Å². The van der Waals surface area contributed by atoms with Gasteiger partial charge in [0, 0.05) is 17.2 Å². The minimum absolute atomic E-state index is 0.492. The van der Waals surface area contributed by atoms with E-state index in [1.54, 1.807) is 0 Å². The molecular weight excluding hydrogens is 289 g/mol. The van der Waals surface area contributed by atoms with Crippen LogP contribution in [0, 0.1) is 0 Å². The molecule has 1 aromatic rings. The number of aromatic nitrogens is 2. The lowest BCUT2D eigenvalue weighted by molar-refractivity contribution is -0.167. The highest BCUT2D eigenvalue weighted by Gasteiger charge is 2.38. The number of hydrogen-bond donors (Lipinski definition) is 3. The summed E-state index contributed by atoms with van der Waals surface area (Å²) in [5.41, 5.74) is 5.00. The average Bonchev–Trinajstić information content (AvgIpc) is 2.48. The maximum Gasteiger partial charge on any atom is 0.330 e. The van der Waals surface area contributed by atoms with Crippen LogP contribution in [0.3, 0.4) is 0 Å². The van der Waals surface area contributed by atoms with Crippen LogP contribution in [0.4, 0.5) is 4.39 Å². The number of aliphatic hydroxyl groups is 2. The topological polar surface area (TPSA) is 153 Å². The summed E-state index contributed by atoms with van der Waals surface area (Å²) in [7, 11) is 0. The van der Waals surface area contributed by atoms with Gasteiger partial charge in [0.15, 0.2) is 0 Å². The molecule has 0 aliphatic heterocycles. The van der Waals surface area contributed by atoms with Gasteiger partial charge in [-0.3, -0.25) is 14.3 Å². The van der Waals surface area contributed by atoms with Crippen molar-refractivity contribution in [3.63, 3.8) is 0 Å². The molecule has 0 aromatic carbocycles. The minimum atomic E-state index is -1.89. The highest BCUT2D eigenvalue weighted by atomic mass is 19.1. The van der Waals surface area contributed by atoms with E-state index in [1.807, 2.05) is 4.98 Å². The Labute approximate surface area is 117 Å². The fourth-order valence-corrected chi connectivity index (χ4v) is 1.48. The number of aliphatic hydroxyl groups excluding tert-OH is 2. The van der Waals surface area contributed by atoms with Crippen LogP contribution in [0.2, 0.25) is 0 Å². The maximum atomic E-state index is 12.7. The quantitative estimate of drug-likeness (QED) is 0.315. The third kappa shape index (κ3) is 4.13. The molecule has 0 saturated carbocycles. The van der Waals surface area contributed by atoms with Gasteiger partial charge in [-0.2, -0.15) is 0 Å². The van der Waals surface area contributed by atoms with E-state index >= 15 is 0 Å². The second-order valence-corrected chi connectivity index (χ2v) is 4.14. The predicted octanol–water partition coefficient (Wildman–Crippen LogP) is -1.12. The monoisotopic (exact) mass is 303 g/mol. The number of azide groups is 1. The fourth-order valence-electron chi connectivity index (χ4n) is 1.48. The first-order valence-corrected chi connectivity index (χ1v) is 5.78. The minimum Gasteiger partial charge on any atom is -0.393 e. The normalized spacial score (nSPS) is 15.0. The zero-order valence-electron chi connectivity index (χ0n) is 10.8. The number of H-pyrrole nitrogens is 1. The van der Waals surface area contributed by atoms with E-state index in [1.165, 1.54) is 0 Å². The van der Waals surface area contributed by atoms with Crippen LogP contribution < -0.4 is 11.2 Å². The van der Waals surface area contributed by atoms with Crippen LogP contribution in [0.25, 0.3) is 10.4 Å². The molecule has 0 spiro atoms. The van der Waals surface area contributed by atoms with Crippen molar-refractivity contribution in [3.8, 4) is 0 Å². The molecule has 11 heteroatoms. The molecule has 0 saturated heterocycles. The first-order chi connectivity index (χ1) is 9.99. The van der Waals surface area contributed by atoms with E-state index in [2.05, 4.69) is 10.0 Å². The first-order valence-electron chi connectivity index (χ1n) is 5.78. The number of halogens is 1. The van der Waals surface area contributed by atoms with E-state index in [0.717, 1.165) is 16.8 Å². The Bertz CT molecular complexity index is 625. The van der Waals surface area contributed by atoms with Gasteiger partial charge in [-0.05, 0) is 5.53 Å². The van der Waals surface area contributed by atoms with E-state index in [9.17, 15) is 24.2 Å². The van der Waals surface area contributed by atoms with Crippen molar-refractivity contribution in [1.29, 1.82) is 0 Å². The Balaban J connectivity index is 2.97. The lowest BCUT2D eigenvalue weighted by Crippen LogP contribution is -2.52. The second kappa shape index (κ2) is 7.55. The summed E-state index contributed by atoms with van der Waals surface area (Å²) >= 11 is 0. The molecule has 0 aliphatic carbocycles.